The van der Waals surface area contributed by atoms with Gasteiger partial charge in [-0.25, -0.2) is 0 Å². The third-order valence-corrected chi connectivity index (χ3v) is 7.04. The van der Waals surface area contributed by atoms with Crippen LogP contribution in [0.4, 0.5) is 0 Å². The van der Waals surface area contributed by atoms with Gasteiger partial charge < -0.3 is 9.32 Å². The van der Waals surface area contributed by atoms with Crippen LogP contribution in [0.25, 0.3) is 11.4 Å². The van der Waals surface area contributed by atoms with Crippen LogP contribution in [0.1, 0.15) is 45.3 Å². The molecule has 2 atom stereocenters. The fourth-order valence-electron chi connectivity index (χ4n) is 4.05. The molecule has 1 saturated heterocycles. The number of furan rings is 1. The number of nitrogens with zero attached hydrogens (tertiary/aromatic N) is 4. The fourth-order valence-corrected chi connectivity index (χ4v) is 5.09. The largest absolute Gasteiger partial charge is 0.467 e. The molecule has 0 radical (unpaired) electrons. The Morgan fingerprint density at radius 3 is 2.77 bits per heavy atom. The minimum absolute atomic E-state index is 0.178. The van der Waals surface area contributed by atoms with Gasteiger partial charge in [0, 0.05) is 23.2 Å². The zero-order valence-corrected chi connectivity index (χ0v) is 19.4. The molecule has 0 N–H and O–H groups in total. The highest BCUT2D eigenvalue weighted by atomic mass is 35.5. The van der Waals surface area contributed by atoms with Crippen molar-refractivity contribution >= 4 is 29.3 Å². The lowest BCUT2D eigenvalue weighted by atomic mass is 10.00. The molecule has 2 aromatic heterocycles. The lowest BCUT2D eigenvalue weighted by Crippen LogP contribution is -2.46. The minimum atomic E-state index is -0.246. The van der Waals surface area contributed by atoms with E-state index in [1.54, 1.807) is 6.26 Å². The van der Waals surface area contributed by atoms with Gasteiger partial charge in [-0.3, -0.25) is 9.36 Å². The Labute approximate surface area is 192 Å². The number of likely N-dealkylation sites (tertiary alicyclic amines) is 1. The van der Waals surface area contributed by atoms with Crippen molar-refractivity contribution in [1.82, 2.24) is 19.7 Å². The lowest BCUT2D eigenvalue weighted by molar-refractivity contribution is -0.134. The molecule has 164 valence electrons. The summed E-state index contributed by atoms with van der Waals surface area (Å²) in [5, 5.41) is 9.99. The van der Waals surface area contributed by atoms with Crippen LogP contribution in [-0.4, -0.2) is 43.4 Å². The van der Waals surface area contributed by atoms with Crippen molar-refractivity contribution in [2.75, 3.05) is 6.54 Å². The Hall–Kier alpha value is -2.25. The first-order chi connectivity index (χ1) is 15.1. The second-order valence-electron chi connectivity index (χ2n) is 7.83. The zero-order chi connectivity index (χ0) is 21.8. The van der Waals surface area contributed by atoms with Gasteiger partial charge in [0.15, 0.2) is 11.0 Å². The summed E-state index contributed by atoms with van der Waals surface area (Å²) in [5.74, 6) is 1.70. The average Bonchev–Trinajstić information content (AvgIpc) is 3.44. The summed E-state index contributed by atoms with van der Waals surface area (Å²) in [6.45, 7) is 5.45. The van der Waals surface area contributed by atoms with Crippen LogP contribution < -0.4 is 0 Å². The van der Waals surface area contributed by atoms with E-state index in [9.17, 15) is 4.79 Å². The van der Waals surface area contributed by atoms with Crippen LogP contribution in [0.3, 0.4) is 0 Å². The molecule has 1 fully saturated rings. The van der Waals surface area contributed by atoms with Gasteiger partial charge in [-0.05, 0) is 69.0 Å². The van der Waals surface area contributed by atoms with Crippen molar-refractivity contribution in [2.24, 2.45) is 0 Å². The number of amides is 1. The van der Waals surface area contributed by atoms with Gasteiger partial charge in [0.2, 0.25) is 5.91 Å². The molecule has 3 heterocycles. The molecule has 3 aromatic rings. The van der Waals surface area contributed by atoms with Crippen molar-refractivity contribution in [3.8, 4) is 11.4 Å². The molecular weight excluding hydrogens is 432 g/mol. The van der Waals surface area contributed by atoms with E-state index < -0.39 is 0 Å². The first-order valence-electron chi connectivity index (χ1n) is 10.8. The summed E-state index contributed by atoms with van der Waals surface area (Å²) in [4.78, 5) is 15.3. The van der Waals surface area contributed by atoms with E-state index in [0.29, 0.717) is 22.8 Å². The molecule has 1 aromatic carbocycles. The standard InChI is InChI=1S/C23H27ClN4O2S/c1-3-19-7-4-5-13-27(19)22(29)16(2)31-23-26-25-21(17-9-11-18(24)12-10-17)28(23)15-20-8-6-14-30-20/h6,8-12,14,16,19H,3-5,7,13,15H2,1-2H3. The summed E-state index contributed by atoms with van der Waals surface area (Å²) in [7, 11) is 0. The Morgan fingerprint density at radius 1 is 1.26 bits per heavy atom. The molecule has 0 spiro atoms. The van der Waals surface area contributed by atoms with Crippen LogP contribution in [0, 0.1) is 0 Å². The maximum absolute atomic E-state index is 13.2. The van der Waals surface area contributed by atoms with Crippen LogP contribution >= 0.6 is 23.4 Å². The van der Waals surface area contributed by atoms with Crippen LogP contribution in [0.5, 0.6) is 0 Å². The second-order valence-corrected chi connectivity index (χ2v) is 9.57. The number of rotatable bonds is 7. The molecule has 0 saturated carbocycles. The maximum Gasteiger partial charge on any atom is 0.236 e. The second kappa shape index (κ2) is 9.92. The molecule has 0 aliphatic carbocycles. The Morgan fingerprint density at radius 2 is 2.06 bits per heavy atom. The van der Waals surface area contributed by atoms with Crippen LogP contribution in [-0.2, 0) is 11.3 Å². The topological polar surface area (TPSA) is 64.2 Å². The van der Waals surface area contributed by atoms with Crippen molar-refractivity contribution in [3.05, 3.63) is 53.4 Å². The minimum Gasteiger partial charge on any atom is -0.467 e. The van der Waals surface area contributed by atoms with Gasteiger partial charge in [-0.1, -0.05) is 30.3 Å². The summed E-state index contributed by atoms with van der Waals surface area (Å²) in [6, 6.07) is 11.7. The SMILES string of the molecule is CCC1CCCCN1C(=O)C(C)Sc1nnc(-c2ccc(Cl)cc2)n1Cc1ccco1. The predicted octanol–water partition coefficient (Wildman–Crippen LogP) is 5.51. The van der Waals surface area contributed by atoms with Crippen molar-refractivity contribution in [2.45, 2.75) is 62.5 Å². The van der Waals surface area contributed by atoms with E-state index in [2.05, 4.69) is 22.0 Å². The smallest absolute Gasteiger partial charge is 0.236 e. The van der Waals surface area contributed by atoms with E-state index >= 15 is 0 Å². The molecular formula is C23H27ClN4O2S. The number of carbonyl (C=O) groups is 1. The van der Waals surface area contributed by atoms with E-state index in [4.69, 9.17) is 16.0 Å². The van der Waals surface area contributed by atoms with Crippen molar-refractivity contribution < 1.29 is 9.21 Å². The maximum atomic E-state index is 13.2. The van der Waals surface area contributed by atoms with E-state index in [1.807, 2.05) is 47.9 Å². The monoisotopic (exact) mass is 458 g/mol. The highest BCUT2D eigenvalue weighted by Crippen LogP contribution is 2.30. The normalized spacial score (nSPS) is 17.6. The van der Waals surface area contributed by atoms with E-state index in [0.717, 1.165) is 43.0 Å². The number of aromatic nitrogens is 3. The van der Waals surface area contributed by atoms with Gasteiger partial charge in [0.25, 0.3) is 0 Å². The molecule has 1 aliphatic heterocycles. The predicted molar refractivity (Wildman–Crippen MR) is 123 cm³/mol. The van der Waals surface area contributed by atoms with Crippen molar-refractivity contribution in [3.63, 3.8) is 0 Å². The molecule has 6 nitrogen and oxygen atoms in total. The van der Waals surface area contributed by atoms with E-state index in [-0.39, 0.29) is 11.2 Å². The summed E-state index contributed by atoms with van der Waals surface area (Å²) < 4.78 is 7.57. The van der Waals surface area contributed by atoms with Gasteiger partial charge in [-0.2, -0.15) is 0 Å². The molecule has 1 amide bonds. The quantitative estimate of drug-likeness (QED) is 0.436. The molecule has 1 aliphatic rings. The molecule has 8 heteroatoms. The summed E-state index contributed by atoms with van der Waals surface area (Å²) >= 11 is 7.51. The van der Waals surface area contributed by atoms with Crippen LogP contribution in [0.15, 0.2) is 52.2 Å². The number of thioether (sulfide) groups is 1. The molecule has 0 bridgehead atoms. The first kappa shape index (κ1) is 22.0. The zero-order valence-electron chi connectivity index (χ0n) is 17.8. The van der Waals surface area contributed by atoms with Crippen LogP contribution in [0.2, 0.25) is 5.02 Å². The Bertz CT molecular complexity index is 1000. The number of benzene rings is 1. The van der Waals surface area contributed by atoms with Gasteiger partial charge in [-0.15, -0.1) is 10.2 Å². The van der Waals surface area contributed by atoms with Gasteiger partial charge >= 0.3 is 0 Å². The summed E-state index contributed by atoms with van der Waals surface area (Å²) in [6.07, 6.45) is 6.02. The molecule has 4 rings (SSSR count). The Balaban J connectivity index is 1.59. The Kier molecular flexibility index (Phi) is 7.02. The third-order valence-electron chi connectivity index (χ3n) is 5.72. The van der Waals surface area contributed by atoms with Gasteiger partial charge in [0.1, 0.15) is 5.76 Å². The molecule has 2 unspecified atom stereocenters. The lowest BCUT2D eigenvalue weighted by Gasteiger charge is -2.36. The number of hydrogen-bond donors (Lipinski definition) is 0. The number of carbonyl (C=O) groups excluding carboxylic acids is 1. The first-order valence-corrected chi connectivity index (χ1v) is 12.0. The van der Waals surface area contributed by atoms with Crippen molar-refractivity contribution in [1.29, 1.82) is 0 Å². The highest BCUT2D eigenvalue weighted by molar-refractivity contribution is 8.00. The fraction of sp³-hybridized carbons (Fsp3) is 0.435. The number of piperidine rings is 1. The van der Waals surface area contributed by atoms with Gasteiger partial charge in [0.05, 0.1) is 18.1 Å². The number of hydrogen-bond acceptors (Lipinski definition) is 5. The average molecular weight is 459 g/mol. The third kappa shape index (κ3) is 4.99. The van der Waals surface area contributed by atoms with E-state index in [1.165, 1.54) is 18.2 Å². The molecule has 31 heavy (non-hydrogen) atoms. The highest BCUT2D eigenvalue weighted by Gasteiger charge is 2.30. The number of halogens is 1. The summed E-state index contributed by atoms with van der Waals surface area (Å²) in [5.41, 5.74) is 0.913.